The summed E-state index contributed by atoms with van der Waals surface area (Å²) in [6.45, 7) is 2.86. The van der Waals surface area contributed by atoms with Gasteiger partial charge in [0.25, 0.3) is 5.91 Å². The van der Waals surface area contributed by atoms with Crippen LogP contribution in [-0.2, 0) is 11.3 Å². The average Bonchev–Trinajstić information content (AvgIpc) is 3.44. The van der Waals surface area contributed by atoms with Gasteiger partial charge >= 0.3 is 5.57 Å². The lowest BCUT2D eigenvalue weighted by Gasteiger charge is -2.23. The normalized spacial score (nSPS) is 15.5. The maximum atomic E-state index is 13.1. The third-order valence-corrected chi connectivity index (χ3v) is 5.56. The number of nitrogens with zero attached hydrogens (tertiary/aromatic N) is 4. The second-order valence-electron chi connectivity index (χ2n) is 7.96. The number of amides is 1. The van der Waals surface area contributed by atoms with Gasteiger partial charge in [-0.15, -0.1) is 8.78 Å². The summed E-state index contributed by atoms with van der Waals surface area (Å²) in [4.78, 5) is 17.8. The molecule has 0 saturated carbocycles. The summed E-state index contributed by atoms with van der Waals surface area (Å²) in [6, 6.07) is 12.3. The van der Waals surface area contributed by atoms with Crippen molar-refractivity contribution in [2.24, 2.45) is 0 Å². The standard InChI is InChI=1S/C23H17ClF2N6O3/c1-12-10-34-11-20-29-19-7-13(6-17(21(19)32(12)20)18-8-15(9-27)30-31-18)22(33)28-14-2-4-16(5-3-14)35-23(24,25)26/h2-8,12H,10-11H2,1H3,(H,28,33)(H,30,31)/t12-/m1/s1. The number of anilines is 1. The lowest BCUT2D eigenvalue weighted by molar-refractivity contribution is -0.0964. The van der Waals surface area contributed by atoms with Crippen molar-refractivity contribution in [1.82, 2.24) is 19.7 Å². The maximum absolute atomic E-state index is 13.1. The van der Waals surface area contributed by atoms with Crippen LogP contribution in [0, 0.1) is 11.3 Å². The molecule has 0 fully saturated rings. The van der Waals surface area contributed by atoms with Gasteiger partial charge < -0.3 is 19.4 Å². The highest BCUT2D eigenvalue weighted by Crippen LogP contribution is 2.34. The van der Waals surface area contributed by atoms with E-state index in [0.717, 1.165) is 11.3 Å². The van der Waals surface area contributed by atoms with E-state index >= 15 is 0 Å². The zero-order valence-electron chi connectivity index (χ0n) is 18.2. The molecule has 3 heterocycles. The Labute approximate surface area is 202 Å². The number of imidazole rings is 1. The van der Waals surface area contributed by atoms with E-state index in [1.165, 1.54) is 24.3 Å². The van der Waals surface area contributed by atoms with Gasteiger partial charge in [-0.1, -0.05) is 0 Å². The van der Waals surface area contributed by atoms with Crippen LogP contribution in [0.15, 0.2) is 42.5 Å². The molecule has 2 aromatic carbocycles. The summed E-state index contributed by atoms with van der Waals surface area (Å²) in [7, 11) is 0. The Hall–Kier alpha value is -4.01. The average molecular weight is 499 g/mol. The summed E-state index contributed by atoms with van der Waals surface area (Å²) in [5, 5.41) is 18.8. The van der Waals surface area contributed by atoms with Crippen molar-refractivity contribution < 1.29 is 23.0 Å². The van der Waals surface area contributed by atoms with Gasteiger partial charge in [-0.25, -0.2) is 4.98 Å². The number of rotatable bonds is 5. The van der Waals surface area contributed by atoms with Crippen LogP contribution in [0.5, 0.6) is 5.75 Å². The van der Waals surface area contributed by atoms with Gasteiger partial charge in [-0.2, -0.15) is 10.4 Å². The number of hydrogen-bond acceptors (Lipinski definition) is 6. The fourth-order valence-electron chi connectivity index (χ4n) is 4.05. The Morgan fingerprint density at radius 3 is 2.80 bits per heavy atom. The van der Waals surface area contributed by atoms with Crippen LogP contribution in [0.4, 0.5) is 14.5 Å². The number of carbonyl (C=O) groups is 1. The van der Waals surface area contributed by atoms with Crippen molar-refractivity contribution in [2.45, 2.75) is 25.1 Å². The summed E-state index contributed by atoms with van der Waals surface area (Å²) >= 11 is 4.78. The second kappa shape index (κ2) is 8.65. The van der Waals surface area contributed by atoms with Gasteiger partial charge in [-0.3, -0.25) is 9.89 Å². The van der Waals surface area contributed by atoms with E-state index in [-0.39, 0.29) is 17.5 Å². The van der Waals surface area contributed by atoms with Crippen LogP contribution >= 0.6 is 11.6 Å². The zero-order valence-corrected chi connectivity index (χ0v) is 18.9. The molecule has 178 valence electrons. The quantitative estimate of drug-likeness (QED) is 0.381. The van der Waals surface area contributed by atoms with E-state index in [4.69, 9.17) is 16.3 Å². The second-order valence-corrected chi connectivity index (χ2v) is 8.40. The molecule has 5 rings (SSSR count). The molecule has 0 aliphatic carbocycles. The summed E-state index contributed by atoms with van der Waals surface area (Å²) in [5.41, 5.74) is -0.360. The minimum atomic E-state index is -3.83. The molecule has 0 radical (unpaired) electrons. The fraction of sp³-hybridized carbons (Fsp3) is 0.217. The predicted molar refractivity (Wildman–Crippen MR) is 122 cm³/mol. The minimum Gasteiger partial charge on any atom is -0.420 e. The molecule has 1 amide bonds. The minimum absolute atomic E-state index is 0.0154. The van der Waals surface area contributed by atoms with E-state index < -0.39 is 11.5 Å². The molecular formula is C23H17ClF2N6O3. The predicted octanol–water partition coefficient (Wildman–Crippen LogP) is 4.81. The fourth-order valence-corrected chi connectivity index (χ4v) is 4.14. The summed E-state index contributed by atoms with van der Waals surface area (Å²) in [5.74, 6) is 0.128. The smallest absolute Gasteiger partial charge is 0.420 e. The van der Waals surface area contributed by atoms with Gasteiger partial charge in [0.05, 0.1) is 29.4 Å². The largest absolute Gasteiger partial charge is 0.487 e. The highest BCUT2D eigenvalue weighted by atomic mass is 35.5. The third kappa shape index (κ3) is 4.53. The van der Waals surface area contributed by atoms with Crippen LogP contribution in [0.2, 0.25) is 0 Å². The number of benzene rings is 2. The number of nitriles is 1. The molecule has 1 atom stereocenters. The molecule has 0 spiro atoms. The molecule has 2 N–H and O–H groups in total. The van der Waals surface area contributed by atoms with Crippen molar-refractivity contribution in [3.8, 4) is 23.1 Å². The number of ether oxygens (including phenoxy) is 2. The monoisotopic (exact) mass is 498 g/mol. The van der Waals surface area contributed by atoms with Gasteiger partial charge in [-0.05, 0) is 43.3 Å². The Morgan fingerprint density at radius 2 is 2.11 bits per heavy atom. The van der Waals surface area contributed by atoms with Crippen LogP contribution in [0.25, 0.3) is 22.3 Å². The first-order chi connectivity index (χ1) is 16.7. The van der Waals surface area contributed by atoms with Crippen LogP contribution in [-0.4, -0.2) is 37.8 Å². The number of H-pyrrole nitrogens is 1. The molecule has 1 aliphatic rings. The van der Waals surface area contributed by atoms with E-state index in [0.29, 0.717) is 41.2 Å². The molecule has 9 nitrogen and oxygen atoms in total. The molecule has 35 heavy (non-hydrogen) atoms. The number of aromatic nitrogens is 4. The van der Waals surface area contributed by atoms with Crippen molar-refractivity contribution in [1.29, 1.82) is 5.26 Å². The molecule has 4 aromatic rings. The topological polar surface area (TPSA) is 118 Å². The van der Waals surface area contributed by atoms with Gasteiger partial charge in [0.15, 0.2) is 5.69 Å². The maximum Gasteiger partial charge on any atom is 0.487 e. The number of carbonyl (C=O) groups excluding carboxylic acids is 1. The Morgan fingerprint density at radius 1 is 1.34 bits per heavy atom. The number of halogens is 3. The molecular weight excluding hydrogens is 482 g/mol. The van der Waals surface area contributed by atoms with Crippen molar-refractivity contribution >= 4 is 34.2 Å². The molecule has 12 heteroatoms. The Balaban J connectivity index is 1.53. The molecule has 0 bridgehead atoms. The number of fused-ring (bicyclic) bond motifs is 3. The third-order valence-electron chi connectivity index (χ3n) is 5.48. The number of nitrogens with one attached hydrogen (secondary N) is 2. The highest BCUT2D eigenvalue weighted by Gasteiger charge is 2.28. The first kappa shape index (κ1) is 22.8. The summed E-state index contributed by atoms with van der Waals surface area (Å²) < 4.78 is 37.6. The van der Waals surface area contributed by atoms with Gasteiger partial charge in [0, 0.05) is 34.5 Å². The SMILES string of the molecule is C[C@@H]1COCc2nc3cc(C(=O)Nc4ccc(OC(F)(F)Cl)cc4)cc(-c4cc(C#N)n[nH]4)c3n21. The van der Waals surface area contributed by atoms with Gasteiger partial charge in [0.1, 0.15) is 24.3 Å². The van der Waals surface area contributed by atoms with Crippen LogP contribution in [0.3, 0.4) is 0 Å². The van der Waals surface area contributed by atoms with E-state index in [1.807, 2.05) is 13.0 Å². The Kier molecular flexibility index (Phi) is 5.62. The lowest BCUT2D eigenvalue weighted by atomic mass is 10.0. The number of alkyl halides is 3. The first-order valence-electron chi connectivity index (χ1n) is 10.5. The zero-order chi connectivity index (χ0) is 24.7. The van der Waals surface area contributed by atoms with Crippen molar-refractivity contribution in [3.05, 3.63) is 59.5 Å². The first-order valence-corrected chi connectivity index (χ1v) is 10.9. The number of hydrogen-bond donors (Lipinski definition) is 2. The van der Waals surface area contributed by atoms with Crippen molar-refractivity contribution in [2.75, 3.05) is 11.9 Å². The van der Waals surface area contributed by atoms with E-state index in [9.17, 15) is 18.8 Å². The van der Waals surface area contributed by atoms with Crippen LogP contribution in [0.1, 0.15) is 34.8 Å². The van der Waals surface area contributed by atoms with Crippen LogP contribution < -0.4 is 10.1 Å². The van der Waals surface area contributed by atoms with Gasteiger partial charge in [0.2, 0.25) is 0 Å². The summed E-state index contributed by atoms with van der Waals surface area (Å²) in [6.07, 6.45) is 0. The number of aromatic amines is 1. The van der Waals surface area contributed by atoms with E-state index in [1.54, 1.807) is 18.2 Å². The molecule has 0 unspecified atom stereocenters. The van der Waals surface area contributed by atoms with E-state index in [2.05, 4.69) is 29.8 Å². The lowest BCUT2D eigenvalue weighted by Crippen LogP contribution is -2.21. The molecule has 2 aromatic heterocycles. The van der Waals surface area contributed by atoms with Crippen molar-refractivity contribution in [3.63, 3.8) is 0 Å². The molecule has 0 saturated heterocycles. The Bertz CT molecular complexity index is 1470. The highest BCUT2D eigenvalue weighted by molar-refractivity contribution is 6.20. The molecule has 1 aliphatic heterocycles.